The van der Waals surface area contributed by atoms with Crippen LogP contribution in [0.1, 0.15) is 0 Å². The molecule has 2 heterocycles. The fraction of sp³-hybridized carbons (Fsp3) is 0.100. The zero-order chi connectivity index (χ0) is 11.4. The van der Waals surface area contributed by atoms with Crippen LogP contribution in [0.25, 0.3) is 10.4 Å². The number of nitrogens with zero attached hydrogens (tertiary/aromatic N) is 3. The first-order chi connectivity index (χ1) is 7.79. The third kappa shape index (κ3) is 2.56. The number of nitriles is 1. The Bertz CT molecular complexity index is 514. The molecule has 0 radical (unpaired) electrons. The first-order valence-electron chi connectivity index (χ1n) is 4.48. The van der Waals surface area contributed by atoms with E-state index in [0.29, 0.717) is 5.95 Å². The molecule has 0 unspecified atom stereocenters. The fourth-order valence-corrected chi connectivity index (χ4v) is 2.50. The van der Waals surface area contributed by atoms with Crippen LogP contribution >= 0.6 is 27.3 Å². The normalized spacial score (nSPS) is 9.75. The van der Waals surface area contributed by atoms with E-state index in [0.717, 1.165) is 14.2 Å². The van der Waals surface area contributed by atoms with Crippen molar-refractivity contribution in [1.82, 2.24) is 9.97 Å². The highest BCUT2D eigenvalue weighted by Crippen LogP contribution is 2.30. The second kappa shape index (κ2) is 5.05. The molecule has 0 spiro atoms. The Morgan fingerprint density at radius 1 is 1.38 bits per heavy atom. The summed E-state index contributed by atoms with van der Waals surface area (Å²) in [5, 5.41) is 11.2. The maximum absolute atomic E-state index is 8.39. The quantitative estimate of drug-likeness (QED) is 0.884. The van der Waals surface area contributed by atoms with Crippen LogP contribution in [0.4, 0.5) is 5.95 Å². The lowest BCUT2D eigenvalue weighted by molar-refractivity contribution is 1.12. The first kappa shape index (κ1) is 11.0. The van der Waals surface area contributed by atoms with Crippen molar-refractivity contribution in [2.24, 2.45) is 0 Å². The molecule has 80 valence electrons. The molecular weight excluding hydrogens is 288 g/mol. The van der Waals surface area contributed by atoms with Crippen molar-refractivity contribution in [3.63, 3.8) is 0 Å². The van der Waals surface area contributed by atoms with E-state index in [2.05, 4.69) is 31.2 Å². The van der Waals surface area contributed by atoms with Gasteiger partial charge in [-0.3, -0.25) is 0 Å². The zero-order valence-electron chi connectivity index (χ0n) is 8.14. The number of hydrogen-bond acceptors (Lipinski definition) is 5. The van der Waals surface area contributed by atoms with E-state index in [-0.39, 0.29) is 6.54 Å². The number of anilines is 1. The van der Waals surface area contributed by atoms with Gasteiger partial charge in [0.1, 0.15) is 6.54 Å². The van der Waals surface area contributed by atoms with Crippen molar-refractivity contribution in [2.75, 3.05) is 11.9 Å². The summed E-state index contributed by atoms with van der Waals surface area (Å²) in [5.74, 6) is 0.473. The van der Waals surface area contributed by atoms with E-state index in [1.54, 1.807) is 23.7 Å². The van der Waals surface area contributed by atoms with E-state index < -0.39 is 0 Å². The fourth-order valence-electron chi connectivity index (χ4n) is 1.13. The molecule has 0 bridgehead atoms. The Morgan fingerprint density at radius 3 is 2.69 bits per heavy atom. The van der Waals surface area contributed by atoms with E-state index in [1.165, 1.54) is 0 Å². The highest BCUT2D eigenvalue weighted by Gasteiger charge is 2.02. The molecule has 2 rings (SSSR count). The van der Waals surface area contributed by atoms with Crippen LogP contribution in [-0.4, -0.2) is 16.5 Å². The van der Waals surface area contributed by atoms with Crippen LogP contribution < -0.4 is 5.32 Å². The topological polar surface area (TPSA) is 61.6 Å². The van der Waals surface area contributed by atoms with E-state index in [4.69, 9.17) is 5.26 Å². The van der Waals surface area contributed by atoms with Crippen LogP contribution in [0.15, 0.2) is 28.3 Å². The summed E-state index contributed by atoms with van der Waals surface area (Å²) in [5.41, 5.74) is 0.971. The highest BCUT2D eigenvalue weighted by molar-refractivity contribution is 9.11. The lowest BCUT2D eigenvalue weighted by Crippen LogP contribution is -2.02. The summed E-state index contributed by atoms with van der Waals surface area (Å²) in [6.45, 7) is 0.212. The zero-order valence-corrected chi connectivity index (χ0v) is 10.5. The molecular formula is C10H7BrN4S. The highest BCUT2D eigenvalue weighted by atomic mass is 79.9. The summed E-state index contributed by atoms with van der Waals surface area (Å²) >= 11 is 5.04. The van der Waals surface area contributed by atoms with Gasteiger partial charge in [-0.1, -0.05) is 0 Å². The van der Waals surface area contributed by atoms with Gasteiger partial charge >= 0.3 is 0 Å². The average Bonchev–Trinajstić information content (AvgIpc) is 2.74. The van der Waals surface area contributed by atoms with Crippen LogP contribution in [0.3, 0.4) is 0 Å². The molecule has 6 heteroatoms. The molecule has 0 saturated heterocycles. The van der Waals surface area contributed by atoms with Gasteiger partial charge in [-0.2, -0.15) is 5.26 Å². The molecule has 0 atom stereocenters. The lowest BCUT2D eigenvalue weighted by Gasteiger charge is -2.00. The summed E-state index contributed by atoms with van der Waals surface area (Å²) in [4.78, 5) is 9.35. The maximum atomic E-state index is 8.39. The number of aromatic nitrogens is 2. The molecule has 0 saturated carbocycles. The van der Waals surface area contributed by atoms with Gasteiger partial charge in [0, 0.05) is 22.8 Å². The van der Waals surface area contributed by atoms with Crippen LogP contribution in [-0.2, 0) is 0 Å². The first-order valence-corrected chi connectivity index (χ1v) is 6.09. The predicted octanol–water partition coefficient (Wildman–Crippen LogP) is 2.90. The summed E-state index contributed by atoms with van der Waals surface area (Å²) in [7, 11) is 0. The Balaban J connectivity index is 2.16. The minimum absolute atomic E-state index is 0.212. The van der Waals surface area contributed by atoms with E-state index >= 15 is 0 Å². The summed E-state index contributed by atoms with van der Waals surface area (Å²) < 4.78 is 1.08. The average molecular weight is 295 g/mol. The van der Waals surface area contributed by atoms with E-state index in [1.807, 2.05) is 18.2 Å². The SMILES string of the molecule is N#CCNc1ncc(-c2ccc(Br)s2)cn1. The van der Waals surface area contributed by atoms with Crippen molar-refractivity contribution >= 4 is 33.2 Å². The van der Waals surface area contributed by atoms with Gasteiger partial charge in [0.25, 0.3) is 0 Å². The summed E-state index contributed by atoms with van der Waals surface area (Å²) in [6, 6.07) is 5.97. The van der Waals surface area contributed by atoms with Crippen molar-refractivity contribution in [3.05, 3.63) is 28.3 Å². The van der Waals surface area contributed by atoms with Gasteiger partial charge in [-0.05, 0) is 28.1 Å². The molecule has 0 fully saturated rings. The number of rotatable bonds is 3. The van der Waals surface area contributed by atoms with Gasteiger partial charge in [-0.25, -0.2) is 9.97 Å². The van der Waals surface area contributed by atoms with Crippen molar-refractivity contribution in [2.45, 2.75) is 0 Å². The number of nitrogens with one attached hydrogen (secondary N) is 1. The second-order valence-corrected chi connectivity index (χ2v) is 5.37. The monoisotopic (exact) mass is 294 g/mol. The molecule has 4 nitrogen and oxygen atoms in total. The molecule has 16 heavy (non-hydrogen) atoms. The molecule has 0 aromatic carbocycles. The molecule has 0 aliphatic carbocycles. The predicted molar refractivity (Wildman–Crippen MR) is 67.1 cm³/mol. The Labute approximate surface area is 105 Å². The van der Waals surface area contributed by atoms with E-state index in [9.17, 15) is 0 Å². The van der Waals surface area contributed by atoms with Crippen molar-refractivity contribution in [3.8, 4) is 16.5 Å². The minimum Gasteiger partial charge on any atom is -0.341 e. The molecule has 0 aliphatic heterocycles. The van der Waals surface area contributed by atoms with Gasteiger partial charge in [0.15, 0.2) is 0 Å². The number of hydrogen-bond donors (Lipinski definition) is 1. The van der Waals surface area contributed by atoms with Crippen molar-refractivity contribution in [1.29, 1.82) is 5.26 Å². The van der Waals surface area contributed by atoms with Crippen molar-refractivity contribution < 1.29 is 0 Å². The molecule has 0 amide bonds. The Morgan fingerprint density at radius 2 is 2.12 bits per heavy atom. The molecule has 1 N–H and O–H groups in total. The molecule has 0 aliphatic rings. The maximum Gasteiger partial charge on any atom is 0.223 e. The van der Waals surface area contributed by atoms with Gasteiger partial charge in [-0.15, -0.1) is 11.3 Å². The van der Waals surface area contributed by atoms with Crippen LogP contribution in [0.5, 0.6) is 0 Å². The molecule has 2 aromatic heterocycles. The summed E-state index contributed by atoms with van der Waals surface area (Å²) in [6.07, 6.45) is 3.48. The van der Waals surface area contributed by atoms with Gasteiger partial charge < -0.3 is 5.32 Å². The van der Waals surface area contributed by atoms with Gasteiger partial charge in [0.2, 0.25) is 5.95 Å². The smallest absolute Gasteiger partial charge is 0.223 e. The van der Waals surface area contributed by atoms with Crippen LogP contribution in [0, 0.1) is 11.3 Å². The Hall–Kier alpha value is -1.45. The Kier molecular flexibility index (Phi) is 3.49. The number of halogens is 1. The lowest BCUT2D eigenvalue weighted by atomic mass is 10.3. The standard InChI is InChI=1S/C10H7BrN4S/c11-9-2-1-8(16-9)7-5-14-10(15-6-7)13-4-3-12/h1-2,5-6H,4H2,(H,13,14,15). The second-order valence-electron chi connectivity index (χ2n) is 2.91. The largest absolute Gasteiger partial charge is 0.341 e. The van der Waals surface area contributed by atoms with Crippen LogP contribution in [0.2, 0.25) is 0 Å². The van der Waals surface area contributed by atoms with Gasteiger partial charge in [0.05, 0.1) is 9.86 Å². The third-order valence-electron chi connectivity index (χ3n) is 1.84. The third-order valence-corrected chi connectivity index (χ3v) is 3.51. The molecule has 2 aromatic rings. The number of thiophene rings is 1. The minimum atomic E-state index is 0.212.